The summed E-state index contributed by atoms with van der Waals surface area (Å²) >= 11 is 0. The molecule has 182 valence electrons. The lowest BCUT2D eigenvalue weighted by atomic mass is 10.1. The molecule has 13 heteroatoms. The van der Waals surface area contributed by atoms with Crippen molar-refractivity contribution in [1.29, 1.82) is 0 Å². The van der Waals surface area contributed by atoms with Gasteiger partial charge in [-0.3, -0.25) is 19.7 Å². The van der Waals surface area contributed by atoms with Crippen molar-refractivity contribution >= 4 is 28.3 Å². The minimum Gasteiger partial charge on any atom is -0.383 e. The van der Waals surface area contributed by atoms with Gasteiger partial charge >= 0.3 is 0 Å². The van der Waals surface area contributed by atoms with Crippen molar-refractivity contribution in [1.82, 2.24) is 15.1 Å². The number of amides is 2. The summed E-state index contributed by atoms with van der Waals surface area (Å²) in [5, 5.41) is 14.0. The highest BCUT2D eigenvalue weighted by Gasteiger charge is 2.29. The Morgan fingerprint density at radius 3 is 2.59 bits per heavy atom. The van der Waals surface area contributed by atoms with Crippen molar-refractivity contribution in [3.8, 4) is 0 Å². The number of nitrogens with one attached hydrogen (secondary N) is 2. The van der Waals surface area contributed by atoms with Gasteiger partial charge < -0.3 is 19.5 Å². The number of aromatic nitrogens is 2. The fourth-order valence-corrected chi connectivity index (χ4v) is 3.36. The first kappa shape index (κ1) is 25.1. The lowest BCUT2D eigenvalue weighted by molar-refractivity contribution is -0.136. The second-order valence-electron chi connectivity index (χ2n) is 7.38. The first-order valence-corrected chi connectivity index (χ1v) is 10.9. The largest absolute Gasteiger partial charge is 0.383 e. The number of hydrogen-bond donors (Lipinski definition) is 2. The molecule has 0 aliphatic carbocycles. The number of rotatable bonds is 14. The maximum atomic E-state index is 12.9. The zero-order chi connectivity index (χ0) is 24.2. The van der Waals surface area contributed by atoms with Crippen LogP contribution in [-0.2, 0) is 23.8 Å². The predicted molar refractivity (Wildman–Crippen MR) is 122 cm³/mol. The number of carbonyl (C=O) groups is 2. The summed E-state index contributed by atoms with van der Waals surface area (Å²) in [6.45, 7) is 3.36. The average molecular weight is 473 g/mol. The van der Waals surface area contributed by atoms with Gasteiger partial charge in [-0.2, -0.15) is 5.10 Å². The van der Waals surface area contributed by atoms with Gasteiger partial charge in [0.2, 0.25) is 5.91 Å². The van der Waals surface area contributed by atoms with Gasteiger partial charge in [0.15, 0.2) is 0 Å². The molecule has 1 aliphatic heterocycles. The topological polar surface area (TPSA) is 170 Å². The molecule has 2 heterocycles. The highest BCUT2D eigenvalue weighted by Crippen LogP contribution is 2.19. The third-order valence-corrected chi connectivity index (χ3v) is 5.04. The number of benzene rings is 1. The van der Waals surface area contributed by atoms with Crippen molar-refractivity contribution in [3.63, 3.8) is 0 Å². The minimum atomic E-state index is -0.800. The molecule has 1 aliphatic rings. The lowest BCUT2D eigenvalue weighted by Gasteiger charge is -2.21. The van der Waals surface area contributed by atoms with E-state index in [1.54, 1.807) is 18.3 Å². The lowest BCUT2D eigenvalue weighted by Crippen LogP contribution is -2.45. The Morgan fingerprint density at radius 2 is 1.85 bits per heavy atom. The molecular formula is C21H27N7O6. The van der Waals surface area contributed by atoms with Crippen LogP contribution in [0.15, 0.2) is 34.3 Å². The molecule has 0 radical (unpaired) electrons. The van der Waals surface area contributed by atoms with Crippen LogP contribution in [0.2, 0.25) is 0 Å². The molecule has 0 spiro atoms. The molecule has 0 bridgehead atoms. The Morgan fingerprint density at radius 1 is 1.12 bits per heavy atom. The van der Waals surface area contributed by atoms with Gasteiger partial charge in [-0.05, 0) is 24.1 Å². The molecular weight excluding hydrogens is 446 g/mol. The molecule has 1 unspecified atom stereocenters. The Balaban J connectivity index is 1.40. The van der Waals surface area contributed by atoms with Crippen LogP contribution in [-0.4, -0.2) is 74.3 Å². The van der Waals surface area contributed by atoms with E-state index in [4.69, 9.17) is 19.7 Å². The third kappa shape index (κ3) is 7.25. The summed E-state index contributed by atoms with van der Waals surface area (Å²) in [5.41, 5.74) is 8.49. The van der Waals surface area contributed by atoms with Crippen molar-refractivity contribution in [2.24, 2.45) is 5.11 Å². The van der Waals surface area contributed by atoms with Crippen molar-refractivity contribution in [2.45, 2.75) is 18.9 Å². The van der Waals surface area contributed by atoms with E-state index in [0.29, 0.717) is 63.5 Å². The average Bonchev–Trinajstić information content (AvgIpc) is 2.83. The first-order chi connectivity index (χ1) is 16.6. The number of fused-ring (bicyclic) bond motifs is 1. The summed E-state index contributed by atoms with van der Waals surface area (Å²) in [7, 11) is 0. The second-order valence-corrected chi connectivity index (χ2v) is 7.38. The highest BCUT2D eigenvalue weighted by molar-refractivity contribution is 5.99. The standard InChI is InChI=1S/C21H27N7O6/c22-27-24-6-8-33-10-12-34-11-9-32-7-5-23-16-2-1-15-14-25-28(21(31)17(15)13-16)18-3-4-19(29)26-20(18)30/h1-2,13-14,18,23H,3-12H2,(H,26,29,30). The first-order valence-electron chi connectivity index (χ1n) is 10.9. The Hall–Kier alpha value is -3.51. The number of anilines is 1. The fraction of sp³-hybridized carbons (Fsp3) is 0.524. The van der Waals surface area contributed by atoms with Gasteiger partial charge in [0.25, 0.3) is 11.5 Å². The van der Waals surface area contributed by atoms with Crippen molar-refractivity contribution < 1.29 is 23.8 Å². The van der Waals surface area contributed by atoms with E-state index < -0.39 is 11.9 Å². The van der Waals surface area contributed by atoms with Crippen LogP contribution in [0.5, 0.6) is 0 Å². The van der Waals surface area contributed by atoms with Crippen molar-refractivity contribution in [2.75, 3.05) is 58.0 Å². The molecule has 34 heavy (non-hydrogen) atoms. The summed E-state index contributed by atoms with van der Waals surface area (Å²) in [6.07, 6.45) is 1.95. The van der Waals surface area contributed by atoms with Gasteiger partial charge in [-0.1, -0.05) is 11.2 Å². The Kier molecular flexibility index (Phi) is 9.80. The molecule has 0 saturated carbocycles. The summed E-state index contributed by atoms with van der Waals surface area (Å²) in [4.78, 5) is 39.1. The second kappa shape index (κ2) is 13.3. The molecule has 3 rings (SSSR count). The summed E-state index contributed by atoms with van der Waals surface area (Å²) < 4.78 is 17.3. The number of imide groups is 1. The van der Waals surface area contributed by atoms with Crippen LogP contribution in [0, 0.1) is 0 Å². The number of carbonyl (C=O) groups excluding carboxylic acids is 2. The number of ether oxygens (including phenoxy) is 3. The van der Waals surface area contributed by atoms with Gasteiger partial charge in [-0.15, -0.1) is 0 Å². The maximum Gasteiger partial charge on any atom is 0.275 e. The van der Waals surface area contributed by atoms with Crippen LogP contribution in [0.25, 0.3) is 21.2 Å². The number of piperidine rings is 1. The zero-order valence-electron chi connectivity index (χ0n) is 18.6. The highest BCUT2D eigenvalue weighted by atomic mass is 16.5. The summed E-state index contributed by atoms with van der Waals surface area (Å²) in [6, 6.07) is 4.54. The molecule has 1 aromatic carbocycles. The quantitative estimate of drug-likeness (QED) is 0.135. The van der Waals surface area contributed by atoms with E-state index in [1.165, 1.54) is 0 Å². The van der Waals surface area contributed by atoms with E-state index in [1.807, 2.05) is 6.07 Å². The molecule has 1 saturated heterocycles. The van der Waals surface area contributed by atoms with Gasteiger partial charge in [0.05, 0.1) is 51.2 Å². The van der Waals surface area contributed by atoms with Gasteiger partial charge in [0.1, 0.15) is 6.04 Å². The summed E-state index contributed by atoms with van der Waals surface area (Å²) in [5.74, 6) is -0.860. The number of hydrogen-bond acceptors (Lipinski definition) is 9. The van der Waals surface area contributed by atoms with Crippen molar-refractivity contribution in [3.05, 3.63) is 45.2 Å². The fourth-order valence-electron chi connectivity index (χ4n) is 3.36. The van der Waals surface area contributed by atoms with Crippen LogP contribution in [0.4, 0.5) is 5.69 Å². The molecule has 1 aromatic heterocycles. The molecule has 1 fully saturated rings. The van der Waals surface area contributed by atoms with E-state index >= 15 is 0 Å². The van der Waals surface area contributed by atoms with Crippen LogP contribution >= 0.6 is 0 Å². The SMILES string of the molecule is [N-]=[N+]=NCCOCCOCCOCCNc1ccc2cnn(C3CCC(=O)NC3=O)c(=O)c2c1. The number of nitrogens with zero attached hydrogens (tertiary/aromatic N) is 5. The van der Waals surface area contributed by atoms with E-state index in [-0.39, 0.29) is 24.3 Å². The molecule has 2 N–H and O–H groups in total. The van der Waals surface area contributed by atoms with E-state index in [9.17, 15) is 14.4 Å². The molecule has 2 aromatic rings. The Bertz CT molecular complexity index is 1100. The minimum absolute atomic E-state index is 0.169. The van der Waals surface area contributed by atoms with Crippen LogP contribution in [0.3, 0.4) is 0 Å². The molecule has 2 amide bonds. The smallest absolute Gasteiger partial charge is 0.275 e. The van der Waals surface area contributed by atoms with Crippen LogP contribution in [0.1, 0.15) is 18.9 Å². The predicted octanol–water partition coefficient (Wildman–Crippen LogP) is 1.15. The monoisotopic (exact) mass is 473 g/mol. The Labute approximate surface area is 195 Å². The maximum absolute atomic E-state index is 12.9. The molecule has 1 atom stereocenters. The van der Waals surface area contributed by atoms with Gasteiger partial charge in [0, 0.05) is 35.5 Å². The van der Waals surface area contributed by atoms with Crippen LogP contribution < -0.4 is 16.2 Å². The zero-order valence-corrected chi connectivity index (χ0v) is 18.6. The normalized spacial score (nSPS) is 15.7. The van der Waals surface area contributed by atoms with E-state index in [0.717, 1.165) is 10.4 Å². The van der Waals surface area contributed by atoms with E-state index in [2.05, 4.69) is 25.8 Å². The number of azide groups is 1. The molecule has 13 nitrogen and oxygen atoms in total. The van der Waals surface area contributed by atoms with Gasteiger partial charge in [-0.25, -0.2) is 4.68 Å². The third-order valence-electron chi connectivity index (χ3n) is 5.04.